The van der Waals surface area contributed by atoms with E-state index in [9.17, 15) is 5.11 Å². The van der Waals surface area contributed by atoms with E-state index in [0.717, 1.165) is 0 Å². The lowest BCUT2D eigenvalue weighted by atomic mass is 10.1. The number of hydrogen-bond acceptors (Lipinski definition) is 5. The van der Waals surface area contributed by atoms with Crippen LogP contribution in [0.3, 0.4) is 0 Å². The van der Waals surface area contributed by atoms with Crippen LogP contribution in [0.15, 0.2) is 6.07 Å². The summed E-state index contributed by atoms with van der Waals surface area (Å²) in [4.78, 5) is 0. The van der Waals surface area contributed by atoms with E-state index in [-0.39, 0.29) is 6.61 Å². The minimum atomic E-state index is -0.167. The van der Waals surface area contributed by atoms with Crippen molar-refractivity contribution in [1.29, 1.82) is 0 Å². The van der Waals surface area contributed by atoms with Crippen LogP contribution in [0.4, 0.5) is 0 Å². The zero-order valence-electron chi connectivity index (χ0n) is 9.86. The highest BCUT2D eigenvalue weighted by Gasteiger charge is 2.20. The maximum Gasteiger partial charge on any atom is 0.207 e. The maximum absolute atomic E-state index is 9.22. The molecule has 0 saturated carbocycles. The van der Waals surface area contributed by atoms with Crippen LogP contribution in [0.5, 0.6) is 23.0 Å². The van der Waals surface area contributed by atoms with Crippen molar-refractivity contribution < 1.29 is 24.1 Å². The Bertz CT molecular complexity index is 332. The standard InChI is InChI=1S/C11H16O5/c1-13-8-5-7(6-12)9(14-2)11(16-4)10(8)15-3/h5,12H,6H2,1-4H3. The number of rotatable bonds is 5. The molecule has 0 spiro atoms. The fourth-order valence-electron chi connectivity index (χ4n) is 1.52. The zero-order valence-corrected chi connectivity index (χ0v) is 9.86. The van der Waals surface area contributed by atoms with Crippen LogP contribution in [0.2, 0.25) is 0 Å². The van der Waals surface area contributed by atoms with Gasteiger partial charge in [-0.25, -0.2) is 0 Å². The third-order valence-electron chi connectivity index (χ3n) is 2.24. The minimum Gasteiger partial charge on any atom is -0.493 e. The van der Waals surface area contributed by atoms with Gasteiger partial charge < -0.3 is 24.1 Å². The van der Waals surface area contributed by atoms with Crippen LogP contribution in [0, 0.1) is 0 Å². The van der Waals surface area contributed by atoms with Crippen molar-refractivity contribution in [2.45, 2.75) is 6.61 Å². The Kier molecular flexibility index (Phi) is 4.25. The molecule has 0 radical (unpaired) electrons. The average Bonchev–Trinajstić information content (AvgIpc) is 2.35. The number of ether oxygens (including phenoxy) is 4. The van der Waals surface area contributed by atoms with Gasteiger partial charge in [-0.2, -0.15) is 0 Å². The van der Waals surface area contributed by atoms with Crippen molar-refractivity contribution in [2.75, 3.05) is 28.4 Å². The number of methoxy groups -OCH3 is 4. The Morgan fingerprint density at radius 3 is 1.81 bits per heavy atom. The molecule has 0 heterocycles. The maximum atomic E-state index is 9.22. The molecule has 0 unspecified atom stereocenters. The van der Waals surface area contributed by atoms with E-state index in [1.54, 1.807) is 6.07 Å². The Balaban J connectivity index is 3.47. The number of aliphatic hydroxyl groups is 1. The predicted octanol–water partition coefficient (Wildman–Crippen LogP) is 1.21. The molecular weight excluding hydrogens is 212 g/mol. The summed E-state index contributed by atoms with van der Waals surface area (Å²) in [5, 5.41) is 9.22. The first kappa shape index (κ1) is 12.4. The van der Waals surface area contributed by atoms with Crippen molar-refractivity contribution in [3.63, 3.8) is 0 Å². The van der Waals surface area contributed by atoms with Crippen LogP contribution in [0.25, 0.3) is 0 Å². The second kappa shape index (κ2) is 5.46. The molecule has 5 heteroatoms. The van der Waals surface area contributed by atoms with Crippen LogP contribution < -0.4 is 18.9 Å². The van der Waals surface area contributed by atoms with Gasteiger partial charge in [0.05, 0.1) is 35.0 Å². The molecule has 5 nitrogen and oxygen atoms in total. The minimum absolute atomic E-state index is 0.167. The molecular formula is C11H16O5. The molecule has 1 aromatic rings. The average molecular weight is 228 g/mol. The molecule has 0 fully saturated rings. The van der Waals surface area contributed by atoms with Crippen molar-refractivity contribution in [3.05, 3.63) is 11.6 Å². The zero-order chi connectivity index (χ0) is 12.1. The van der Waals surface area contributed by atoms with Crippen LogP contribution in [-0.2, 0) is 6.61 Å². The molecule has 1 N–H and O–H groups in total. The third-order valence-corrected chi connectivity index (χ3v) is 2.24. The lowest BCUT2D eigenvalue weighted by Gasteiger charge is -2.17. The summed E-state index contributed by atoms with van der Waals surface area (Å²) in [6.07, 6.45) is 0. The highest BCUT2D eigenvalue weighted by molar-refractivity contribution is 5.62. The van der Waals surface area contributed by atoms with E-state index in [1.807, 2.05) is 0 Å². The summed E-state index contributed by atoms with van der Waals surface area (Å²) >= 11 is 0. The first-order chi connectivity index (χ1) is 7.73. The van der Waals surface area contributed by atoms with Gasteiger partial charge in [0.15, 0.2) is 11.5 Å². The molecule has 0 saturated heterocycles. The third kappa shape index (κ3) is 1.99. The summed E-state index contributed by atoms with van der Waals surface area (Å²) < 4.78 is 20.7. The second-order valence-electron chi connectivity index (χ2n) is 3.00. The molecule has 16 heavy (non-hydrogen) atoms. The lowest BCUT2D eigenvalue weighted by Crippen LogP contribution is -2.01. The fourth-order valence-corrected chi connectivity index (χ4v) is 1.52. The number of benzene rings is 1. The van der Waals surface area contributed by atoms with Crippen molar-refractivity contribution in [1.82, 2.24) is 0 Å². The van der Waals surface area contributed by atoms with Gasteiger partial charge in [0.25, 0.3) is 0 Å². The second-order valence-corrected chi connectivity index (χ2v) is 3.00. The molecule has 0 aliphatic heterocycles. The largest absolute Gasteiger partial charge is 0.493 e. The molecule has 0 atom stereocenters. The monoisotopic (exact) mass is 228 g/mol. The Morgan fingerprint density at radius 1 is 0.875 bits per heavy atom. The molecule has 0 aliphatic carbocycles. The highest BCUT2D eigenvalue weighted by atomic mass is 16.5. The van der Waals surface area contributed by atoms with E-state index in [0.29, 0.717) is 28.6 Å². The van der Waals surface area contributed by atoms with E-state index in [4.69, 9.17) is 18.9 Å². The van der Waals surface area contributed by atoms with Crippen molar-refractivity contribution >= 4 is 0 Å². The number of aliphatic hydroxyl groups excluding tert-OH is 1. The molecule has 0 amide bonds. The van der Waals surface area contributed by atoms with Gasteiger partial charge in [-0.15, -0.1) is 0 Å². The van der Waals surface area contributed by atoms with Gasteiger partial charge in [0, 0.05) is 5.56 Å². The molecule has 0 aliphatic rings. The van der Waals surface area contributed by atoms with Gasteiger partial charge in [0.1, 0.15) is 0 Å². The molecule has 0 bridgehead atoms. The highest BCUT2D eigenvalue weighted by Crippen LogP contribution is 2.46. The van der Waals surface area contributed by atoms with Crippen molar-refractivity contribution in [2.24, 2.45) is 0 Å². The summed E-state index contributed by atoms with van der Waals surface area (Å²) in [5.41, 5.74) is 0.581. The van der Waals surface area contributed by atoms with Crippen LogP contribution >= 0.6 is 0 Å². The van der Waals surface area contributed by atoms with Crippen LogP contribution in [-0.4, -0.2) is 33.5 Å². The predicted molar refractivity (Wildman–Crippen MR) is 58.6 cm³/mol. The molecule has 90 valence electrons. The lowest BCUT2D eigenvalue weighted by molar-refractivity contribution is 0.263. The van der Waals surface area contributed by atoms with E-state index >= 15 is 0 Å². The first-order valence-corrected chi connectivity index (χ1v) is 4.70. The first-order valence-electron chi connectivity index (χ1n) is 4.70. The quantitative estimate of drug-likeness (QED) is 0.821. The van der Waals surface area contributed by atoms with Gasteiger partial charge in [-0.3, -0.25) is 0 Å². The Labute approximate surface area is 94.5 Å². The van der Waals surface area contributed by atoms with Gasteiger partial charge in [-0.05, 0) is 6.07 Å². The normalized spacial score (nSPS) is 9.81. The molecule has 1 rings (SSSR count). The van der Waals surface area contributed by atoms with E-state index in [1.165, 1.54) is 28.4 Å². The fraction of sp³-hybridized carbons (Fsp3) is 0.455. The van der Waals surface area contributed by atoms with E-state index in [2.05, 4.69) is 0 Å². The summed E-state index contributed by atoms with van der Waals surface area (Å²) in [5.74, 6) is 1.79. The summed E-state index contributed by atoms with van der Waals surface area (Å²) in [6.45, 7) is -0.167. The Morgan fingerprint density at radius 2 is 1.44 bits per heavy atom. The topological polar surface area (TPSA) is 57.2 Å². The van der Waals surface area contributed by atoms with Gasteiger partial charge >= 0.3 is 0 Å². The van der Waals surface area contributed by atoms with Gasteiger partial charge in [-0.1, -0.05) is 0 Å². The Hall–Kier alpha value is -1.62. The smallest absolute Gasteiger partial charge is 0.207 e. The number of hydrogen-bond donors (Lipinski definition) is 1. The molecule has 0 aromatic heterocycles. The van der Waals surface area contributed by atoms with Gasteiger partial charge in [0.2, 0.25) is 11.5 Å². The summed E-state index contributed by atoms with van der Waals surface area (Å²) in [6, 6.07) is 1.65. The molecule has 1 aromatic carbocycles. The summed E-state index contributed by atoms with van der Waals surface area (Å²) in [7, 11) is 6.03. The van der Waals surface area contributed by atoms with Crippen LogP contribution in [0.1, 0.15) is 5.56 Å². The SMILES string of the molecule is COc1cc(CO)c(OC)c(OC)c1OC. The van der Waals surface area contributed by atoms with E-state index < -0.39 is 0 Å². The van der Waals surface area contributed by atoms with Crippen molar-refractivity contribution in [3.8, 4) is 23.0 Å².